The van der Waals surface area contributed by atoms with Crippen molar-refractivity contribution in [2.24, 2.45) is 11.7 Å². The molecule has 1 atom stereocenters. The number of hydrogen-bond donors (Lipinski definition) is 1. The second-order valence-electron chi connectivity index (χ2n) is 5.11. The minimum Gasteiger partial charge on any atom is -0.337 e. The highest BCUT2D eigenvalue weighted by atomic mass is 16.2. The molecular weight excluding hydrogens is 228 g/mol. The van der Waals surface area contributed by atoms with Gasteiger partial charge in [0.2, 0.25) is 0 Å². The summed E-state index contributed by atoms with van der Waals surface area (Å²) in [5.74, 6) is 0.775. The summed E-state index contributed by atoms with van der Waals surface area (Å²) in [7, 11) is 0. The van der Waals surface area contributed by atoms with Gasteiger partial charge in [-0.15, -0.1) is 0 Å². The van der Waals surface area contributed by atoms with Crippen molar-refractivity contribution in [1.82, 2.24) is 14.5 Å². The molecule has 1 fully saturated rings. The van der Waals surface area contributed by atoms with E-state index in [1.165, 1.54) is 6.42 Å². The average Bonchev–Trinajstić information content (AvgIpc) is 2.71. The maximum Gasteiger partial charge on any atom is 0.274 e. The zero-order chi connectivity index (χ0) is 13.0. The zero-order valence-corrected chi connectivity index (χ0v) is 11.0. The van der Waals surface area contributed by atoms with E-state index in [9.17, 15) is 4.79 Å². The Morgan fingerprint density at radius 1 is 1.50 bits per heavy atom. The highest BCUT2D eigenvalue weighted by Gasteiger charge is 2.21. The van der Waals surface area contributed by atoms with E-state index >= 15 is 0 Å². The highest BCUT2D eigenvalue weighted by Crippen LogP contribution is 2.17. The van der Waals surface area contributed by atoms with E-state index in [2.05, 4.69) is 11.9 Å². The van der Waals surface area contributed by atoms with Crippen molar-refractivity contribution >= 4 is 5.91 Å². The number of rotatable bonds is 3. The molecule has 0 spiro atoms. The molecule has 0 saturated carbocycles. The molecule has 100 valence electrons. The van der Waals surface area contributed by atoms with Crippen molar-refractivity contribution in [3.8, 4) is 0 Å². The molecule has 1 saturated heterocycles. The lowest BCUT2D eigenvalue weighted by Crippen LogP contribution is -2.32. The molecule has 1 aliphatic rings. The predicted molar refractivity (Wildman–Crippen MR) is 70.2 cm³/mol. The lowest BCUT2D eigenvalue weighted by molar-refractivity contribution is 0.0755. The van der Waals surface area contributed by atoms with Crippen LogP contribution in [0.15, 0.2) is 12.5 Å². The summed E-state index contributed by atoms with van der Waals surface area (Å²) >= 11 is 0. The third-order valence-corrected chi connectivity index (χ3v) is 3.54. The fourth-order valence-electron chi connectivity index (χ4n) is 2.37. The van der Waals surface area contributed by atoms with Crippen LogP contribution < -0.4 is 5.73 Å². The van der Waals surface area contributed by atoms with E-state index in [1.54, 1.807) is 12.5 Å². The van der Waals surface area contributed by atoms with Gasteiger partial charge < -0.3 is 15.2 Å². The van der Waals surface area contributed by atoms with Gasteiger partial charge in [-0.05, 0) is 25.2 Å². The Morgan fingerprint density at radius 3 is 3.11 bits per heavy atom. The molecule has 2 heterocycles. The van der Waals surface area contributed by atoms with Crippen LogP contribution in [0.1, 0.15) is 36.7 Å². The van der Waals surface area contributed by atoms with Gasteiger partial charge in [-0.25, -0.2) is 4.98 Å². The number of amides is 1. The first-order valence-corrected chi connectivity index (χ1v) is 6.72. The lowest BCUT2D eigenvalue weighted by Gasteiger charge is -2.19. The van der Waals surface area contributed by atoms with Gasteiger partial charge in [-0.1, -0.05) is 6.92 Å². The molecule has 1 aliphatic heterocycles. The van der Waals surface area contributed by atoms with Gasteiger partial charge in [-0.3, -0.25) is 4.79 Å². The summed E-state index contributed by atoms with van der Waals surface area (Å²) in [5.41, 5.74) is 6.02. The second-order valence-corrected chi connectivity index (χ2v) is 5.11. The Kier molecular flexibility index (Phi) is 4.36. The van der Waals surface area contributed by atoms with Crippen LogP contribution >= 0.6 is 0 Å². The zero-order valence-electron chi connectivity index (χ0n) is 11.0. The van der Waals surface area contributed by atoms with Crippen LogP contribution in [0, 0.1) is 5.92 Å². The van der Waals surface area contributed by atoms with E-state index in [4.69, 9.17) is 5.73 Å². The van der Waals surface area contributed by atoms with Crippen LogP contribution in [0.4, 0.5) is 0 Å². The predicted octanol–water partition coefficient (Wildman–Crippen LogP) is 1.10. The Bertz CT molecular complexity index is 401. The maximum absolute atomic E-state index is 12.3. The van der Waals surface area contributed by atoms with Gasteiger partial charge in [0.25, 0.3) is 5.91 Å². The molecule has 5 nitrogen and oxygen atoms in total. The van der Waals surface area contributed by atoms with Gasteiger partial charge in [-0.2, -0.15) is 0 Å². The molecule has 0 bridgehead atoms. The molecule has 2 rings (SSSR count). The van der Waals surface area contributed by atoms with Gasteiger partial charge in [0.1, 0.15) is 5.69 Å². The fourth-order valence-corrected chi connectivity index (χ4v) is 2.37. The first-order chi connectivity index (χ1) is 8.70. The van der Waals surface area contributed by atoms with Gasteiger partial charge in [0, 0.05) is 32.4 Å². The summed E-state index contributed by atoms with van der Waals surface area (Å²) in [4.78, 5) is 18.4. The minimum atomic E-state index is 0.0554. The van der Waals surface area contributed by atoms with Crippen LogP contribution in [0.5, 0.6) is 0 Å². The summed E-state index contributed by atoms with van der Waals surface area (Å²) < 4.78 is 1.87. The standard InChI is InChI=1S/C13H22N4O/c1-11-3-2-6-17(7-4-11)13(18)12-9-16(8-5-14)10-15-12/h9-11H,2-8,14H2,1H3. The summed E-state index contributed by atoms with van der Waals surface area (Å²) in [6.07, 6.45) is 6.88. The molecule has 0 aliphatic carbocycles. The van der Waals surface area contributed by atoms with E-state index in [-0.39, 0.29) is 5.91 Å². The number of carbonyl (C=O) groups is 1. The number of nitrogens with zero attached hydrogens (tertiary/aromatic N) is 3. The van der Waals surface area contributed by atoms with Gasteiger partial charge >= 0.3 is 0 Å². The SMILES string of the molecule is CC1CCCN(C(=O)c2cn(CCN)cn2)CC1. The maximum atomic E-state index is 12.3. The number of aromatic nitrogens is 2. The van der Waals surface area contributed by atoms with Crippen LogP contribution in [-0.2, 0) is 6.54 Å². The topological polar surface area (TPSA) is 64.2 Å². The molecular formula is C13H22N4O. The van der Waals surface area contributed by atoms with Gasteiger partial charge in [0.05, 0.1) is 6.33 Å². The molecule has 0 aromatic carbocycles. The number of likely N-dealkylation sites (tertiary alicyclic amines) is 1. The normalized spacial score (nSPS) is 20.8. The quantitative estimate of drug-likeness (QED) is 0.874. The van der Waals surface area contributed by atoms with Crippen molar-refractivity contribution in [1.29, 1.82) is 0 Å². The third kappa shape index (κ3) is 3.10. The molecule has 0 radical (unpaired) electrons. The van der Waals surface area contributed by atoms with Gasteiger partial charge in [0.15, 0.2) is 0 Å². The third-order valence-electron chi connectivity index (χ3n) is 3.54. The first-order valence-electron chi connectivity index (χ1n) is 6.72. The largest absolute Gasteiger partial charge is 0.337 e. The van der Waals surface area contributed by atoms with Crippen LogP contribution in [0.2, 0.25) is 0 Å². The van der Waals surface area contributed by atoms with Crippen molar-refractivity contribution < 1.29 is 4.79 Å². The highest BCUT2D eigenvalue weighted by molar-refractivity contribution is 5.92. The number of nitrogens with two attached hydrogens (primary N) is 1. The Morgan fingerprint density at radius 2 is 2.33 bits per heavy atom. The first kappa shape index (κ1) is 13.1. The number of hydrogen-bond acceptors (Lipinski definition) is 3. The molecule has 2 N–H and O–H groups in total. The Balaban J connectivity index is 2.00. The van der Waals surface area contributed by atoms with Crippen molar-refractivity contribution in [2.75, 3.05) is 19.6 Å². The number of carbonyl (C=O) groups excluding carboxylic acids is 1. The summed E-state index contributed by atoms with van der Waals surface area (Å²) in [6, 6.07) is 0. The second kappa shape index (κ2) is 6.00. The fraction of sp³-hybridized carbons (Fsp3) is 0.692. The molecule has 1 aromatic rings. The molecule has 5 heteroatoms. The number of imidazole rings is 1. The summed E-state index contributed by atoms with van der Waals surface area (Å²) in [6.45, 7) is 5.23. The molecule has 1 aromatic heterocycles. The van der Waals surface area contributed by atoms with Crippen molar-refractivity contribution in [3.05, 3.63) is 18.2 Å². The van der Waals surface area contributed by atoms with Crippen LogP contribution in [0.3, 0.4) is 0 Å². The van der Waals surface area contributed by atoms with E-state index in [0.717, 1.165) is 31.8 Å². The molecule has 1 amide bonds. The van der Waals surface area contributed by atoms with Crippen molar-refractivity contribution in [2.45, 2.75) is 32.7 Å². The monoisotopic (exact) mass is 250 g/mol. The smallest absolute Gasteiger partial charge is 0.274 e. The summed E-state index contributed by atoms with van der Waals surface area (Å²) in [5, 5.41) is 0. The average molecular weight is 250 g/mol. The Hall–Kier alpha value is -1.36. The van der Waals surface area contributed by atoms with Crippen LogP contribution in [-0.4, -0.2) is 40.0 Å². The molecule has 18 heavy (non-hydrogen) atoms. The van der Waals surface area contributed by atoms with Crippen molar-refractivity contribution in [3.63, 3.8) is 0 Å². The minimum absolute atomic E-state index is 0.0554. The van der Waals surface area contributed by atoms with E-state index < -0.39 is 0 Å². The van der Waals surface area contributed by atoms with E-state index in [0.29, 0.717) is 18.8 Å². The molecule has 1 unspecified atom stereocenters. The lowest BCUT2D eigenvalue weighted by atomic mass is 10.0. The Labute approximate surface area is 108 Å². The van der Waals surface area contributed by atoms with E-state index in [1.807, 2.05) is 9.47 Å². The van der Waals surface area contributed by atoms with Crippen LogP contribution in [0.25, 0.3) is 0 Å².